The highest BCUT2D eigenvalue weighted by atomic mass is 16.1. The molecule has 1 aliphatic carbocycles. The summed E-state index contributed by atoms with van der Waals surface area (Å²) < 4.78 is 0. The van der Waals surface area contributed by atoms with Crippen LogP contribution in [0.2, 0.25) is 0 Å². The van der Waals surface area contributed by atoms with Crippen LogP contribution in [0.4, 0.5) is 0 Å². The zero-order valence-corrected chi connectivity index (χ0v) is 9.25. The maximum atomic E-state index is 10.7. The van der Waals surface area contributed by atoms with Crippen molar-refractivity contribution in [1.29, 1.82) is 0 Å². The number of carbonyl (C=O) groups excluding carboxylic acids is 1. The predicted molar refractivity (Wildman–Crippen MR) is 56.3 cm³/mol. The minimum absolute atomic E-state index is 0.00942. The first-order valence-electron chi connectivity index (χ1n) is 5.37. The third kappa shape index (κ3) is 2.42. The van der Waals surface area contributed by atoms with Crippen molar-refractivity contribution in [2.45, 2.75) is 45.1 Å². The number of aldehydes is 1. The Hall–Kier alpha value is -0.670. The molecule has 0 aromatic rings. The zero-order valence-electron chi connectivity index (χ0n) is 9.25. The monoisotopic (exact) mass is 197 g/mol. The van der Waals surface area contributed by atoms with E-state index in [0.717, 1.165) is 44.1 Å². The van der Waals surface area contributed by atoms with Gasteiger partial charge in [-0.1, -0.05) is 13.0 Å². The first-order chi connectivity index (χ1) is 6.62. The topological polar surface area (TPSA) is 48.0 Å². The number of quaternary nitrogens is 1. The lowest BCUT2D eigenvalue weighted by Crippen LogP contribution is -2.75. The van der Waals surface area contributed by atoms with Gasteiger partial charge >= 0.3 is 0 Å². The van der Waals surface area contributed by atoms with Gasteiger partial charge in [0.15, 0.2) is 0 Å². The summed E-state index contributed by atoms with van der Waals surface area (Å²) in [6.45, 7) is 5.30. The van der Waals surface area contributed by atoms with Gasteiger partial charge in [0.05, 0.1) is 5.54 Å². The maximum Gasteiger partial charge on any atom is 0.145 e. The molecule has 3 nitrogen and oxygen atoms in total. The van der Waals surface area contributed by atoms with Gasteiger partial charge < -0.3 is 0 Å². The molecule has 0 fully saturated rings. The molecule has 0 aromatic carbocycles. The SMILES string of the molecule is CCCN([NH3+])C1(C)C=C(C=O)CCC1. The van der Waals surface area contributed by atoms with Crippen molar-refractivity contribution >= 4 is 6.29 Å². The van der Waals surface area contributed by atoms with Gasteiger partial charge in [-0.15, -0.1) is 0 Å². The highest BCUT2D eigenvalue weighted by Crippen LogP contribution is 2.28. The van der Waals surface area contributed by atoms with Gasteiger partial charge in [0.25, 0.3) is 0 Å². The van der Waals surface area contributed by atoms with E-state index in [-0.39, 0.29) is 5.54 Å². The van der Waals surface area contributed by atoms with E-state index in [1.165, 1.54) is 0 Å². The molecule has 0 saturated carbocycles. The van der Waals surface area contributed by atoms with Crippen molar-refractivity contribution in [3.8, 4) is 0 Å². The minimum atomic E-state index is -0.00942. The van der Waals surface area contributed by atoms with Crippen molar-refractivity contribution < 1.29 is 10.6 Å². The molecule has 80 valence electrons. The van der Waals surface area contributed by atoms with E-state index in [4.69, 9.17) is 0 Å². The first-order valence-corrected chi connectivity index (χ1v) is 5.37. The standard InChI is InChI=1S/C11H20N2O/c1-3-7-13(12)11(2)6-4-5-10(8-11)9-14/h8-9H,3-7,12H2,1-2H3/p+1. The molecule has 3 N–H and O–H groups in total. The van der Waals surface area contributed by atoms with Gasteiger partial charge in [-0.3, -0.25) is 10.6 Å². The molecule has 0 aromatic heterocycles. The third-order valence-electron chi connectivity index (χ3n) is 3.01. The number of nitrogens with zero attached hydrogens (tertiary/aromatic N) is 1. The molecule has 0 heterocycles. The third-order valence-corrected chi connectivity index (χ3v) is 3.01. The first kappa shape index (κ1) is 11.4. The summed E-state index contributed by atoms with van der Waals surface area (Å²) in [6.07, 6.45) is 7.30. The maximum absolute atomic E-state index is 10.7. The Kier molecular flexibility index (Phi) is 3.84. The second kappa shape index (κ2) is 4.71. The van der Waals surface area contributed by atoms with E-state index < -0.39 is 0 Å². The Morgan fingerprint density at radius 3 is 3.00 bits per heavy atom. The van der Waals surface area contributed by atoms with Crippen molar-refractivity contribution in [2.24, 2.45) is 0 Å². The van der Waals surface area contributed by atoms with Gasteiger partial charge in [0, 0.05) is 6.54 Å². The van der Waals surface area contributed by atoms with Crippen LogP contribution < -0.4 is 5.84 Å². The largest absolute Gasteiger partial charge is 0.298 e. The second-order valence-electron chi connectivity index (χ2n) is 4.31. The van der Waals surface area contributed by atoms with Crippen LogP contribution in [0.3, 0.4) is 0 Å². The van der Waals surface area contributed by atoms with Crippen molar-refractivity contribution in [1.82, 2.24) is 5.01 Å². The number of allylic oxidation sites excluding steroid dienone is 1. The molecule has 1 rings (SSSR count). The molecule has 0 bridgehead atoms. The summed E-state index contributed by atoms with van der Waals surface area (Å²) in [6, 6.07) is 0. The number of hydrogen-bond acceptors (Lipinski definition) is 2. The van der Waals surface area contributed by atoms with Crippen LogP contribution in [0.5, 0.6) is 0 Å². The van der Waals surface area contributed by atoms with Gasteiger partial charge in [-0.25, -0.2) is 0 Å². The van der Waals surface area contributed by atoms with Gasteiger partial charge in [-0.2, -0.15) is 5.01 Å². The predicted octanol–water partition coefficient (Wildman–Crippen LogP) is 0.923. The Morgan fingerprint density at radius 1 is 1.71 bits per heavy atom. The Balaban J connectivity index is 2.76. The Bertz CT molecular complexity index is 237. The lowest BCUT2D eigenvalue weighted by Gasteiger charge is -2.35. The molecule has 1 unspecified atom stereocenters. The quantitative estimate of drug-likeness (QED) is 0.538. The van der Waals surface area contributed by atoms with Crippen LogP contribution in [0.1, 0.15) is 39.5 Å². The molecule has 0 amide bonds. The number of carbonyl (C=O) groups is 1. The summed E-state index contributed by atoms with van der Waals surface area (Å²) in [4.78, 5) is 10.7. The van der Waals surface area contributed by atoms with Crippen LogP contribution in [0.15, 0.2) is 11.6 Å². The van der Waals surface area contributed by atoms with Crippen LogP contribution in [-0.4, -0.2) is 23.4 Å². The minimum Gasteiger partial charge on any atom is -0.298 e. The van der Waals surface area contributed by atoms with E-state index in [1.807, 2.05) is 0 Å². The van der Waals surface area contributed by atoms with E-state index in [9.17, 15) is 4.79 Å². The van der Waals surface area contributed by atoms with Gasteiger partial charge in [0.2, 0.25) is 0 Å². The molecule has 0 radical (unpaired) electrons. The van der Waals surface area contributed by atoms with Crippen LogP contribution in [-0.2, 0) is 4.79 Å². The molecule has 0 saturated heterocycles. The lowest BCUT2D eigenvalue weighted by molar-refractivity contribution is -0.595. The van der Waals surface area contributed by atoms with E-state index in [1.54, 1.807) is 0 Å². The Morgan fingerprint density at radius 2 is 2.43 bits per heavy atom. The van der Waals surface area contributed by atoms with Crippen LogP contribution >= 0.6 is 0 Å². The fourth-order valence-corrected chi connectivity index (χ4v) is 2.06. The molecular formula is C11H21N2O+. The molecule has 1 atom stereocenters. The summed E-state index contributed by atoms with van der Waals surface area (Å²) in [7, 11) is 0. The number of rotatable bonds is 4. The van der Waals surface area contributed by atoms with Crippen molar-refractivity contribution in [2.75, 3.05) is 6.54 Å². The van der Waals surface area contributed by atoms with E-state index in [0.29, 0.717) is 0 Å². The molecule has 3 heteroatoms. The molecule has 14 heavy (non-hydrogen) atoms. The lowest BCUT2D eigenvalue weighted by atomic mass is 9.85. The molecule has 1 aliphatic rings. The van der Waals surface area contributed by atoms with E-state index >= 15 is 0 Å². The highest BCUT2D eigenvalue weighted by Gasteiger charge is 2.32. The average Bonchev–Trinajstić information content (AvgIpc) is 2.18. The van der Waals surface area contributed by atoms with Crippen LogP contribution in [0, 0.1) is 0 Å². The fraction of sp³-hybridized carbons (Fsp3) is 0.727. The zero-order chi connectivity index (χ0) is 10.6. The second-order valence-corrected chi connectivity index (χ2v) is 4.31. The highest BCUT2D eigenvalue weighted by molar-refractivity contribution is 5.73. The summed E-state index contributed by atoms with van der Waals surface area (Å²) in [5, 5.41) is 2.11. The molecule has 0 spiro atoms. The normalized spacial score (nSPS) is 27.6. The Labute approximate surface area is 85.9 Å². The smallest absolute Gasteiger partial charge is 0.145 e. The van der Waals surface area contributed by atoms with Gasteiger partial charge in [0.1, 0.15) is 6.29 Å². The van der Waals surface area contributed by atoms with Crippen LogP contribution in [0.25, 0.3) is 0 Å². The average molecular weight is 197 g/mol. The summed E-state index contributed by atoms with van der Waals surface area (Å²) in [5.74, 6) is 4.06. The summed E-state index contributed by atoms with van der Waals surface area (Å²) in [5.41, 5.74) is 0.924. The molecule has 0 aliphatic heterocycles. The summed E-state index contributed by atoms with van der Waals surface area (Å²) >= 11 is 0. The van der Waals surface area contributed by atoms with Gasteiger partial charge in [-0.05, 0) is 38.2 Å². The fourth-order valence-electron chi connectivity index (χ4n) is 2.06. The number of hydrogen-bond donors (Lipinski definition) is 1. The molecular weight excluding hydrogens is 176 g/mol. The van der Waals surface area contributed by atoms with Crippen molar-refractivity contribution in [3.63, 3.8) is 0 Å². The van der Waals surface area contributed by atoms with E-state index in [2.05, 4.69) is 30.8 Å². The van der Waals surface area contributed by atoms with Crippen molar-refractivity contribution in [3.05, 3.63) is 11.6 Å².